The van der Waals surface area contributed by atoms with Gasteiger partial charge in [-0.2, -0.15) is 0 Å². The van der Waals surface area contributed by atoms with Crippen molar-refractivity contribution in [1.29, 1.82) is 0 Å². The molecule has 0 radical (unpaired) electrons. The highest BCUT2D eigenvalue weighted by Gasteiger charge is 2.60. The van der Waals surface area contributed by atoms with Gasteiger partial charge in [-0.15, -0.1) is 5.06 Å². The van der Waals surface area contributed by atoms with E-state index < -0.39 is 0 Å². The molecule has 0 aromatic carbocycles. The number of carbonyl (C=O) groups excluding carboxylic acids is 3. The van der Waals surface area contributed by atoms with Crippen LogP contribution in [0.2, 0.25) is 0 Å². The first-order valence-corrected chi connectivity index (χ1v) is 4.90. The minimum atomic E-state index is -0.367. The fraction of sp³-hybridized carbons (Fsp3) is 0.500. The van der Waals surface area contributed by atoms with Crippen LogP contribution in [0.25, 0.3) is 0 Å². The number of hydroxylamine groups is 2. The van der Waals surface area contributed by atoms with E-state index in [-0.39, 0.29) is 42.0 Å². The standard InChI is InChI=1S/C10H9NO4/c12-4-15-11-9(13)7-5-1-2-6(3-5)8(7)10(11)14/h1-2,4-8H,3H2/t5-,6+,7-,8+. The fourth-order valence-corrected chi connectivity index (χ4v) is 3.02. The molecule has 15 heavy (non-hydrogen) atoms. The van der Waals surface area contributed by atoms with Gasteiger partial charge in [0, 0.05) is 0 Å². The number of allylic oxidation sites excluding steroid dienone is 2. The Bertz CT molecular complexity index is 359. The van der Waals surface area contributed by atoms with Gasteiger partial charge in [-0.25, -0.2) is 0 Å². The van der Waals surface area contributed by atoms with Gasteiger partial charge in [0.15, 0.2) is 0 Å². The summed E-state index contributed by atoms with van der Waals surface area (Å²) < 4.78 is 0. The minimum Gasteiger partial charge on any atom is -0.334 e. The third-order valence-corrected chi connectivity index (χ3v) is 3.58. The minimum absolute atomic E-state index is 0.117. The van der Waals surface area contributed by atoms with Crippen LogP contribution in [0.1, 0.15) is 6.42 Å². The average Bonchev–Trinajstić information content (AvgIpc) is 2.87. The first-order chi connectivity index (χ1) is 7.24. The number of amides is 2. The SMILES string of the molecule is O=CON1C(=O)[C@@H]2[C@H](C1=O)[C@@H]1C=C[C@H]2C1. The molecule has 1 aliphatic heterocycles. The number of hydrogen-bond acceptors (Lipinski definition) is 4. The van der Waals surface area contributed by atoms with Gasteiger partial charge in [0.05, 0.1) is 11.8 Å². The third kappa shape index (κ3) is 0.900. The van der Waals surface area contributed by atoms with E-state index in [9.17, 15) is 14.4 Å². The number of fused-ring (bicyclic) bond motifs is 5. The van der Waals surface area contributed by atoms with Crippen LogP contribution in [0, 0.1) is 23.7 Å². The molecule has 0 spiro atoms. The summed E-state index contributed by atoms with van der Waals surface area (Å²) in [5, 5.41) is 0.620. The van der Waals surface area contributed by atoms with Crippen molar-refractivity contribution in [1.82, 2.24) is 5.06 Å². The second-order valence-corrected chi connectivity index (χ2v) is 4.17. The van der Waals surface area contributed by atoms with Crippen LogP contribution in [0.3, 0.4) is 0 Å². The lowest BCUT2D eigenvalue weighted by molar-refractivity contribution is -0.190. The summed E-state index contributed by atoms with van der Waals surface area (Å²) in [5.74, 6) is -1.03. The fourth-order valence-electron chi connectivity index (χ4n) is 3.02. The second kappa shape index (κ2) is 2.68. The van der Waals surface area contributed by atoms with Gasteiger partial charge >= 0.3 is 6.47 Å². The highest BCUT2D eigenvalue weighted by Crippen LogP contribution is 2.52. The molecule has 0 unspecified atom stereocenters. The van der Waals surface area contributed by atoms with Crippen molar-refractivity contribution in [2.45, 2.75) is 6.42 Å². The van der Waals surface area contributed by atoms with Gasteiger partial charge in [0.2, 0.25) is 0 Å². The topological polar surface area (TPSA) is 63.7 Å². The predicted octanol–water partition coefficient (Wildman–Crippen LogP) is -0.119. The molecule has 2 fully saturated rings. The Labute approximate surface area is 85.6 Å². The lowest BCUT2D eigenvalue weighted by atomic mass is 9.85. The van der Waals surface area contributed by atoms with Crippen LogP contribution in [-0.2, 0) is 19.2 Å². The van der Waals surface area contributed by atoms with E-state index in [1.807, 2.05) is 12.2 Å². The molecule has 5 heteroatoms. The zero-order chi connectivity index (χ0) is 10.6. The van der Waals surface area contributed by atoms with Crippen LogP contribution >= 0.6 is 0 Å². The van der Waals surface area contributed by atoms with Gasteiger partial charge in [-0.1, -0.05) is 12.2 Å². The van der Waals surface area contributed by atoms with Gasteiger partial charge in [-0.05, 0) is 18.3 Å². The molecule has 1 saturated heterocycles. The molecule has 0 N–H and O–H groups in total. The molecule has 4 atom stereocenters. The number of imide groups is 1. The van der Waals surface area contributed by atoms with E-state index in [4.69, 9.17) is 0 Å². The number of hydrogen-bond donors (Lipinski definition) is 0. The monoisotopic (exact) mass is 207 g/mol. The molecule has 2 aliphatic carbocycles. The van der Waals surface area contributed by atoms with E-state index in [2.05, 4.69) is 4.84 Å². The molecule has 3 rings (SSSR count). The van der Waals surface area contributed by atoms with Crippen molar-refractivity contribution in [2.75, 3.05) is 0 Å². The first kappa shape index (κ1) is 8.64. The zero-order valence-electron chi connectivity index (χ0n) is 7.83. The van der Waals surface area contributed by atoms with E-state index in [0.29, 0.717) is 5.06 Å². The molecule has 0 aromatic rings. The van der Waals surface area contributed by atoms with Crippen molar-refractivity contribution in [3.63, 3.8) is 0 Å². The largest absolute Gasteiger partial charge is 0.334 e. The van der Waals surface area contributed by atoms with Gasteiger partial charge in [0.1, 0.15) is 0 Å². The van der Waals surface area contributed by atoms with Gasteiger partial charge in [0.25, 0.3) is 11.8 Å². The Kier molecular flexibility index (Phi) is 1.55. The summed E-state index contributed by atoms with van der Waals surface area (Å²) in [4.78, 5) is 38.1. The summed E-state index contributed by atoms with van der Waals surface area (Å²) in [7, 11) is 0. The molecule has 3 aliphatic rings. The van der Waals surface area contributed by atoms with Gasteiger partial charge < -0.3 is 4.84 Å². The Morgan fingerprint density at radius 1 is 1.20 bits per heavy atom. The Balaban J connectivity index is 1.96. The maximum absolute atomic E-state index is 11.8. The second-order valence-electron chi connectivity index (χ2n) is 4.17. The molecule has 78 valence electrons. The van der Waals surface area contributed by atoms with Crippen molar-refractivity contribution in [3.8, 4) is 0 Å². The summed E-state index contributed by atoms with van der Waals surface area (Å²) in [6.45, 7) is 0.117. The molecule has 2 bridgehead atoms. The average molecular weight is 207 g/mol. The summed E-state index contributed by atoms with van der Waals surface area (Å²) >= 11 is 0. The van der Waals surface area contributed by atoms with Crippen molar-refractivity contribution in [2.24, 2.45) is 23.7 Å². The molecular weight excluding hydrogens is 198 g/mol. The van der Waals surface area contributed by atoms with E-state index in [1.165, 1.54) is 0 Å². The lowest BCUT2D eigenvalue weighted by Crippen LogP contribution is -2.32. The molecule has 5 nitrogen and oxygen atoms in total. The lowest BCUT2D eigenvalue weighted by Gasteiger charge is -2.13. The Morgan fingerprint density at radius 3 is 2.20 bits per heavy atom. The maximum Gasteiger partial charge on any atom is 0.321 e. The normalized spacial score (nSPS) is 41.2. The predicted molar refractivity (Wildman–Crippen MR) is 46.7 cm³/mol. The molecule has 1 heterocycles. The van der Waals surface area contributed by atoms with Crippen LogP contribution in [0.5, 0.6) is 0 Å². The Morgan fingerprint density at radius 2 is 1.73 bits per heavy atom. The quantitative estimate of drug-likeness (QED) is 0.360. The Hall–Kier alpha value is -1.65. The van der Waals surface area contributed by atoms with Crippen molar-refractivity contribution in [3.05, 3.63) is 12.2 Å². The molecular formula is C10H9NO4. The maximum atomic E-state index is 11.8. The van der Waals surface area contributed by atoms with Gasteiger partial charge in [-0.3, -0.25) is 14.4 Å². The van der Waals surface area contributed by atoms with E-state index >= 15 is 0 Å². The molecule has 0 aromatic heterocycles. The van der Waals surface area contributed by atoms with Crippen LogP contribution in [0.15, 0.2) is 12.2 Å². The first-order valence-electron chi connectivity index (χ1n) is 4.90. The van der Waals surface area contributed by atoms with E-state index in [0.717, 1.165) is 6.42 Å². The summed E-state index contributed by atoms with van der Waals surface area (Å²) in [5.41, 5.74) is 0. The van der Waals surface area contributed by atoms with Crippen LogP contribution < -0.4 is 0 Å². The van der Waals surface area contributed by atoms with Crippen molar-refractivity contribution < 1.29 is 19.2 Å². The van der Waals surface area contributed by atoms with Crippen LogP contribution in [-0.4, -0.2) is 23.3 Å². The van der Waals surface area contributed by atoms with E-state index in [1.54, 1.807) is 0 Å². The van der Waals surface area contributed by atoms with Crippen molar-refractivity contribution >= 4 is 18.3 Å². The summed E-state index contributed by atoms with van der Waals surface area (Å²) in [6, 6.07) is 0. The summed E-state index contributed by atoms with van der Waals surface area (Å²) in [6.07, 6.45) is 4.85. The highest BCUT2D eigenvalue weighted by molar-refractivity contribution is 6.05. The smallest absolute Gasteiger partial charge is 0.321 e. The van der Waals surface area contributed by atoms with Crippen LogP contribution in [0.4, 0.5) is 0 Å². The highest BCUT2D eigenvalue weighted by atomic mass is 16.7. The number of rotatable bonds is 2. The number of nitrogens with zero attached hydrogens (tertiary/aromatic N) is 1. The molecule has 2 amide bonds. The zero-order valence-corrected chi connectivity index (χ0v) is 7.83. The third-order valence-electron chi connectivity index (χ3n) is 3.58. The molecule has 1 saturated carbocycles. The number of carbonyl (C=O) groups is 3.